The van der Waals surface area contributed by atoms with Gasteiger partial charge in [-0.1, -0.05) is 56.5 Å². The molecule has 0 saturated heterocycles. The zero-order valence-corrected chi connectivity index (χ0v) is 17.0. The number of rotatable bonds is 6. The molecule has 1 aliphatic carbocycles. The van der Waals surface area contributed by atoms with Gasteiger partial charge in [0.1, 0.15) is 6.10 Å². The quantitative estimate of drug-likeness (QED) is 0.624. The highest BCUT2D eigenvalue weighted by Crippen LogP contribution is 2.35. The van der Waals surface area contributed by atoms with Crippen LogP contribution in [0.15, 0.2) is 18.2 Å². The molecule has 3 atom stereocenters. The lowest BCUT2D eigenvalue weighted by Gasteiger charge is -2.36. The summed E-state index contributed by atoms with van der Waals surface area (Å²) >= 11 is 12.1. The second-order valence-corrected chi connectivity index (χ2v) is 8.21. The molecule has 6 heteroatoms. The van der Waals surface area contributed by atoms with Gasteiger partial charge in [-0.25, -0.2) is 4.79 Å². The van der Waals surface area contributed by atoms with Crippen molar-refractivity contribution in [1.82, 2.24) is 0 Å². The SMILES string of the molecule is CC(C)[C@@H]1CC[C@@H](C)C[C@H]1OC(=O)COC(=O)Cc1c(Cl)cccc1Cl. The summed E-state index contributed by atoms with van der Waals surface area (Å²) in [7, 11) is 0. The maximum atomic E-state index is 12.1. The molecule has 0 unspecified atom stereocenters. The zero-order valence-electron chi connectivity index (χ0n) is 15.5. The Kier molecular flexibility index (Phi) is 7.78. The molecule has 0 heterocycles. The van der Waals surface area contributed by atoms with E-state index in [0.29, 0.717) is 33.4 Å². The number of hydrogen-bond donors (Lipinski definition) is 0. The molecule has 0 amide bonds. The van der Waals surface area contributed by atoms with E-state index in [0.717, 1.165) is 19.3 Å². The van der Waals surface area contributed by atoms with E-state index >= 15 is 0 Å². The second kappa shape index (κ2) is 9.61. The molecular weight excluding hydrogens is 375 g/mol. The van der Waals surface area contributed by atoms with Gasteiger partial charge in [-0.15, -0.1) is 0 Å². The summed E-state index contributed by atoms with van der Waals surface area (Å²) in [5, 5.41) is 0.793. The highest BCUT2D eigenvalue weighted by atomic mass is 35.5. The van der Waals surface area contributed by atoms with Crippen molar-refractivity contribution in [3.8, 4) is 0 Å². The summed E-state index contributed by atoms with van der Waals surface area (Å²) in [5.41, 5.74) is 0.496. The number of benzene rings is 1. The molecule has 0 N–H and O–H groups in total. The van der Waals surface area contributed by atoms with Gasteiger partial charge in [0.25, 0.3) is 0 Å². The lowest BCUT2D eigenvalue weighted by molar-refractivity contribution is -0.166. The van der Waals surface area contributed by atoms with Crippen molar-refractivity contribution >= 4 is 35.1 Å². The van der Waals surface area contributed by atoms with Gasteiger partial charge in [0, 0.05) is 15.6 Å². The first kappa shape index (κ1) is 21.0. The zero-order chi connectivity index (χ0) is 19.3. The summed E-state index contributed by atoms with van der Waals surface area (Å²) in [6.07, 6.45) is 2.88. The molecule has 144 valence electrons. The molecule has 1 saturated carbocycles. The first-order valence-electron chi connectivity index (χ1n) is 9.06. The fraction of sp³-hybridized carbons (Fsp3) is 0.600. The Morgan fingerprint density at radius 3 is 2.42 bits per heavy atom. The van der Waals surface area contributed by atoms with Crippen LogP contribution in [-0.4, -0.2) is 24.6 Å². The van der Waals surface area contributed by atoms with Crippen molar-refractivity contribution < 1.29 is 19.1 Å². The average Bonchev–Trinajstić information content (AvgIpc) is 2.56. The van der Waals surface area contributed by atoms with Gasteiger partial charge in [-0.05, 0) is 42.7 Å². The van der Waals surface area contributed by atoms with E-state index in [1.54, 1.807) is 18.2 Å². The second-order valence-electron chi connectivity index (χ2n) is 7.39. The van der Waals surface area contributed by atoms with Crippen LogP contribution in [0.5, 0.6) is 0 Å². The maximum absolute atomic E-state index is 12.1. The van der Waals surface area contributed by atoms with Crippen LogP contribution >= 0.6 is 23.2 Å². The van der Waals surface area contributed by atoms with Gasteiger partial charge in [-0.2, -0.15) is 0 Å². The number of hydrogen-bond acceptors (Lipinski definition) is 4. The van der Waals surface area contributed by atoms with E-state index in [2.05, 4.69) is 20.8 Å². The third-order valence-electron chi connectivity index (χ3n) is 4.98. The van der Waals surface area contributed by atoms with E-state index in [9.17, 15) is 9.59 Å². The predicted molar refractivity (Wildman–Crippen MR) is 102 cm³/mol. The standard InChI is InChI=1S/C20H26Cl2O4/c1-12(2)14-8-7-13(3)9-18(14)26-20(24)11-25-19(23)10-15-16(21)5-4-6-17(15)22/h4-6,12-14,18H,7-11H2,1-3H3/t13-,14+,18-/m1/s1. The molecule has 0 spiro atoms. The number of ether oxygens (including phenoxy) is 2. The summed E-state index contributed by atoms with van der Waals surface area (Å²) < 4.78 is 10.7. The maximum Gasteiger partial charge on any atom is 0.344 e. The van der Waals surface area contributed by atoms with E-state index < -0.39 is 18.5 Å². The van der Waals surface area contributed by atoms with Crippen molar-refractivity contribution in [3.63, 3.8) is 0 Å². The van der Waals surface area contributed by atoms with Crippen LogP contribution < -0.4 is 0 Å². The Balaban J connectivity index is 1.84. The Morgan fingerprint density at radius 1 is 1.15 bits per heavy atom. The predicted octanol–water partition coefficient (Wildman–Crippen LogP) is 5.08. The van der Waals surface area contributed by atoms with Gasteiger partial charge in [0.15, 0.2) is 6.61 Å². The van der Waals surface area contributed by atoms with Gasteiger partial charge >= 0.3 is 11.9 Å². The number of carbonyl (C=O) groups excluding carboxylic acids is 2. The van der Waals surface area contributed by atoms with Gasteiger partial charge in [0.05, 0.1) is 6.42 Å². The lowest BCUT2D eigenvalue weighted by atomic mass is 9.75. The minimum Gasteiger partial charge on any atom is -0.460 e. The average molecular weight is 401 g/mol. The molecule has 1 fully saturated rings. The van der Waals surface area contributed by atoms with Crippen LogP contribution in [0.25, 0.3) is 0 Å². The third kappa shape index (κ3) is 5.88. The smallest absolute Gasteiger partial charge is 0.344 e. The lowest BCUT2D eigenvalue weighted by Crippen LogP contribution is -2.36. The monoisotopic (exact) mass is 400 g/mol. The molecule has 4 nitrogen and oxygen atoms in total. The molecule has 26 heavy (non-hydrogen) atoms. The minimum absolute atomic E-state index is 0.0825. The molecule has 0 aromatic heterocycles. The van der Waals surface area contributed by atoms with Crippen LogP contribution in [0.4, 0.5) is 0 Å². The van der Waals surface area contributed by atoms with Crippen LogP contribution in [0.2, 0.25) is 10.0 Å². The van der Waals surface area contributed by atoms with E-state index in [4.69, 9.17) is 32.7 Å². The van der Waals surface area contributed by atoms with Crippen LogP contribution in [0.1, 0.15) is 45.6 Å². The van der Waals surface area contributed by atoms with E-state index in [-0.39, 0.29) is 12.5 Å². The van der Waals surface area contributed by atoms with Crippen molar-refractivity contribution in [2.45, 2.75) is 52.6 Å². The van der Waals surface area contributed by atoms with Crippen LogP contribution in [0, 0.1) is 17.8 Å². The first-order valence-corrected chi connectivity index (χ1v) is 9.81. The highest BCUT2D eigenvalue weighted by Gasteiger charge is 2.33. The number of halogens is 2. The fourth-order valence-corrected chi connectivity index (χ4v) is 4.02. The summed E-state index contributed by atoms with van der Waals surface area (Å²) in [6, 6.07) is 5.01. The van der Waals surface area contributed by atoms with Crippen molar-refractivity contribution in [1.29, 1.82) is 0 Å². The van der Waals surface area contributed by atoms with Gasteiger partial charge in [-0.3, -0.25) is 4.79 Å². The highest BCUT2D eigenvalue weighted by molar-refractivity contribution is 6.36. The third-order valence-corrected chi connectivity index (χ3v) is 5.69. The van der Waals surface area contributed by atoms with Crippen molar-refractivity contribution in [2.75, 3.05) is 6.61 Å². The first-order chi connectivity index (χ1) is 12.3. The molecule has 1 aliphatic rings. The summed E-state index contributed by atoms with van der Waals surface area (Å²) in [5.74, 6) is 0.272. The summed E-state index contributed by atoms with van der Waals surface area (Å²) in [6.45, 7) is 6.07. The van der Waals surface area contributed by atoms with Crippen molar-refractivity contribution in [2.24, 2.45) is 17.8 Å². The van der Waals surface area contributed by atoms with E-state index in [1.807, 2.05) is 0 Å². The largest absolute Gasteiger partial charge is 0.460 e. The minimum atomic E-state index is -0.561. The Bertz CT molecular complexity index is 624. The Morgan fingerprint density at radius 2 is 1.81 bits per heavy atom. The normalized spacial score (nSPS) is 22.9. The van der Waals surface area contributed by atoms with Gasteiger partial charge < -0.3 is 9.47 Å². The topological polar surface area (TPSA) is 52.6 Å². The number of carbonyl (C=O) groups is 2. The molecule has 0 aliphatic heterocycles. The molecular formula is C20H26Cl2O4. The Labute approximate surface area is 165 Å². The number of esters is 2. The molecule has 1 aromatic rings. The molecule has 2 rings (SSSR count). The molecule has 1 aromatic carbocycles. The molecule has 0 bridgehead atoms. The van der Waals surface area contributed by atoms with Gasteiger partial charge in [0.2, 0.25) is 0 Å². The Hall–Kier alpha value is -1.26. The van der Waals surface area contributed by atoms with Crippen LogP contribution in [0.3, 0.4) is 0 Å². The van der Waals surface area contributed by atoms with E-state index in [1.165, 1.54) is 0 Å². The fourth-order valence-electron chi connectivity index (χ4n) is 3.49. The summed E-state index contributed by atoms with van der Waals surface area (Å²) in [4.78, 5) is 24.1. The van der Waals surface area contributed by atoms with Crippen LogP contribution in [-0.2, 0) is 25.5 Å². The molecule has 0 radical (unpaired) electrons. The van der Waals surface area contributed by atoms with Crippen molar-refractivity contribution in [3.05, 3.63) is 33.8 Å².